The summed E-state index contributed by atoms with van der Waals surface area (Å²) in [6, 6.07) is 9.40. The van der Waals surface area contributed by atoms with Crippen molar-refractivity contribution in [3.05, 3.63) is 53.1 Å². The lowest BCUT2D eigenvalue weighted by Crippen LogP contribution is -2.26. The van der Waals surface area contributed by atoms with E-state index in [-0.39, 0.29) is 11.9 Å². The maximum absolute atomic E-state index is 12.4. The van der Waals surface area contributed by atoms with Gasteiger partial charge in [-0.25, -0.2) is 0 Å². The zero-order valence-electron chi connectivity index (χ0n) is 12.2. The smallest absolute Gasteiger partial charge is 0.273 e. The Hall–Kier alpha value is -2.56. The van der Waals surface area contributed by atoms with Gasteiger partial charge in [-0.3, -0.25) is 9.89 Å². The van der Waals surface area contributed by atoms with Crippen LogP contribution in [-0.2, 0) is 0 Å². The van der Waals surface area contributed by atoms with Crippen molar-refractivity contribution in [2.45, 2.75) is 26.8 Å². The summed E-state index contributed by atoms with van der Waals surface area (Å²) in [6.45, 7) is 5.75. The number of aromatic nitrogens is 2. The van der Waals surface area contributed by atoms with Crippen LogP contribution < -0.4 is 5.32 Å². The highest BCUT2D eigenvalue weighted by Gasteiger charge is 2.18. The van der Waals surface area contributed by atoms with Gasteiger partial charge in [0.15, 0.2) is 5.69 Å². The lowest BCUT2D eigenvalue weighted by Gasteiger charge is -2.10. The molecule has 2 aromatic heterocycles. The molecule has 0 radical (unpaired) electrons. The summed E-state index contributed by atoms with van der Waals surface area (Å²) in [5, 5.41) is 10.7. The summed E-state index contributed by atoms with van der Waals surface area (Å²) in [7, 11) is 0. The maximum Gasteiger partial charge on any atom is 0.273 e. The van der Waals surface area contributed by atoms with Crippen molar-refractivity contribution in [2.24, 2.45) is 0 Å². The van der Waals surface area contributed by atoms with E-state index in [1.807, 2.05) is 51.1 Å². The predicted molar refractivity (Wildman–Crippen MR) is 80.2 cm³/mol. The van der Waals surface area contributed by atoms with Crippen LogP contribution in [0.3, 0.4) is 0 Å². The van der Waals surface area contributed by atoms with E-state index in [0.717, 1.165) is 28.0 Å². The number of nitrogens with zero attached hydrogens (tertiary/aromatic N) is 1. The van der Waals surface area contributed by atoms with Crippen LogP contribution in [0.15, 0.2) is 34.7 Å². The Morgan fingerprint density at radius 1 is 1.29 bits per heavy atom. The molecule has 0 aliphatic carbocycles. The third-order valence-electron chi connectivity index (χ3n) is 3.47. The highest BCUT2D eigenvalue weighted by Crippen LogP contribution is 2.20. The van der Waals surface area contributed by atoms with Crippen molar-refractivity contribution < 1.29 is 9.21 Å². The first kappa shape index (κ1) is 13.4. The van der Waals surface area contributed by atoms with E-state index in [0.29, 0.717) is 5.69 Å². The van der Waals surface area contributed by atoms with Gasteiger partial charge < -0.3 is 9.73 Å². The van der Waals surface area contributed by atoms with Crippen LogP contribution in [-0.4, -0.2) is 16.1 Å². The molecule has 2 N–H and O–H groups in total. The molecular formula is C16H17N3O2. The number of aryl methyl sites for hydroxylation is 2. The SMILES string of the molecule is Cc1ccc2[nH]nc(C(=O)NC(C)c3ccc(C)o3)c2c1. The van der Waals surface area contributed by atoms with Gasteiger partial charge in [-0.1, -0.05) is 11.6 Å². The monoisotopic (exact) mass is 283 g/mol. The number of fused-ring (bicyclic) bond motifs is 1. The fourth-order valence-electron chi connectivity index (χ4n) is 2.32. The minimum absolute atomic E-state index is 0.206. The molecular weight excluding hydrogens is 266 g/mol. The van der Waals surface area contributed by atoms with E-state index in [9.17, 15) is 4.79 Å². The highest BCUT2D eigenvalue weighted by molar-refractivity contribution is 6.04. The first-order chi connectivity index (χ1) is 10.0. The Labute approximate surface area is 122 Å². The zero-order chi connectivity index (χ0) is 15.0. The van der Waals surface area contributed by atoms with Gasteiger partial charge >= 0.3 is 0 Å². The molecule has 3 rings (SSSR count). The van der Waals surface area contributed by atoms with E-state index < -0.39 is 0 Å². The molecule has 5 nitrogen and oxygen atoms in total. The van der Waals surface area contributed by atoms with Crippen molar-refractivity contribution >= 4 is 16.8 Å². The number of aromatic amines is 1. The Bertz CT molecular complexity index is 801. The molecule has 0 saturated carbocycles. The van der Waals surface area contributed by atoms with Crippen molar-refractivity contribution in [1.29, 1.82) is 0 Å². The van der Waals surface area contributed by atoms with Crippen molar-refractivity contribution in [2.75, 3.05) is 0 Å². The molecule has 5 heteroatoms. The van der Waals surface area contributed by atoms with E-state index in [1.165, 1.54) is 0 Å². The largest absolute Gasteiger partial charge is 0.464 e. The van der Waals surface area contributed by atoms with Gasteiger partial charge in [-0.15, -0.1) is 0 Å². The Morgan fingerprint density at radius 3 is 2.81 bits per heavy atom. The summed E-state index contributed by atoms with van der Waals surface area (Å²) < 4.78 is 5.53. The second-order valence-corrected chi connectivity index (χ2v) is 5.26. The normalized spacial score (nSPS) is 12.5. The summed E-state index contributed by atoms with van der Waals surface area (Å²) in [5.74, 6) is 1.34. The highest BCUT2D eigenvalue weighted by atomic mass is 16.3. The number of rotatable bonds is 3. The summed E-state index contributed by atoms with van der Waals surface area (Å²) in [4.78, 5) is 12.4. The molecule has 0 fully saturated rings. The van der Waals surface area contributed by atoms with Crippen molar-refractivity contribution in [3.63, 3.8) is 0 Å². The molecule has 0 aliphatic heterocycles. The first-order valence-corrected chi connectivity index (χ1v) is 6.86. The number of carbonyl (C=O) groups excluding carboxylic acids is 1. The average molecular weight is 283 g/mol. The Morgan fingerprint density at radius 2 is 2.10 bits per heavy atom. The number of nitrogens with one attached hydrogen (secondary N) is 2. The number of benzene rings is 1. The van der Waals surface area contributed by atoms with E-state index in [2.05, 4.69) is 15.5 Å². The standard InChI is InChI=1S/C16H17N3O2/c1-9-4-6-13-12(8-9)15(19-18-13)16(20)17-11(3)14-7-5-10(2)21-14/h4-8,11H,1-3H3,(H,17,20)(H,18,19). The molecule has 0 saturated heterocycles. The van der Waals surface area contributed by atoms with Crippen LogP contribution in [0.4, 0.5) is 0 Å². The third kappa shape index (κ3) is 2.54. The van der Waals surface area contributed by atoms with Gasteiger partial charge in [0.1, 0.15) is 11.5 Å². The van der Waals surface area contributed by atoms with Crippen LogP contribution in [0, 0.1) is 13.8 Å². The molecule has 1 unspecified atom stereocenters. The number of amides is 1. The van der Waals surface area contributed by atoms with Crippen LogP contribution in [0.1, 0.15) is 40.5 Å². The molecule has 21 heavy (non-hydrogen) atoms. The van der Waals surface area contributed by atoms with E-state index in [4.69, 9.17) is 4.42 Å². The van der Waals surface area contributed by atoms with Crippen LogP contribution in [0.25, 0.3) is 10.9 Å². The average Bonchev–Trinajstić information content (AvgIpc) is 3.04. The van der Waals surface area contributed by atoms with Gasteiger partial charge in [0.2, 0.25) is 0 Å². The summed E-state index contributed by atoms with van der Waals surface area (Å²) >= 11 is 0. The first-order valence-electron chi connectivity index (χ1n) is 6.86. The fourth-order valence-corrected chi connectivity index (χ4v) is 2.32. The van der Waals surface area contributed by atoms with Crippen LogP contribution in [0.2, 0.25) is 0 Å². The summed E-state index contributed by atoms with van der Waals surface area (Å²) in [5.41, 5.74) is 2.35. The second kappa shape index (κ2) is 5.09. The van der Waals surface area contributed by atoms with E-state index in [1.54, 1.807) is 0 Å². The van der Waals surface area contributed by atoms with Crippen molar-refractivity contribution in [1.82, 2.24) is 15.5 Å². The maximum atomic E-state index is 12.4. The Kier molecular flexibility index (Phi) is 3.25. The Balaban J connectivity index is 1.85. The molecule has 1 amide bonds. The van der Waals surface area contributed by atoms with E-state index >= 15 is 0 Å². The molecule has 1 atom stereocenters. The minimum atomic E-state index is -0.214. The van der Waals surface area contributed by atoms with Crippen LogP contribution >= 0.6 is 0 Å². The molecule has 108 valence electrons. The molecule has 0 aliphatic rings. The number of hydrogen-bond acceptors (Lipinski definition) is 3. The minimum Gasteiger partial charge on any atom is -0.464 e. The van der Waals surface area contributed by atoms with Crippen molar-refractivity contribution in [3.8, 4) is 0 Å². The predicted octanol–water partition coefficient (Wildman–Crippen LogP) is 3.26. The van der Waals surface area contributed by atoms with Gasteiger partial charge in [-0.05, 0) is 45.0 Å². The number of carbonyl (C=O) groups is 1. The second-order valence-electron chi connectivity index (χ2n) is 5.26. The molecule has 2 heterocycles. The van der Waals surface area contributed by atoms with Gasteiger partial charge in [0, 0.05) is 5.39 Å². The zero-order valence-corrected chi connectivity index (χ0v) is 12.2. The van der Waals surface area contributed by atoms with Gasteiger partial charge in [0.05, 0.1) is 11.6 Å². The number of H-pyrrole nitrogens is 1. The van der Waals surface area contributed by atoms with Gasteiger partial charge in [-0.2, -0.15) is 5.10 Å². The molecule has 0 spiro atoms. The topological polar surface area (TPSA) is 70.9 Å². The number of furan rings is 1. The molecule has 0 bridgehead atoms. The third-order valence-corrected chi connectivity index (χ3v) is 3.47. The fraction of sp³-hybridized carbons (Fsp3) is 0.250. The molecule has 3 aromatic rings. The number of hydrogen-bond donors (Lipinski definition) is 2. The lowest BCUT2D eigenvalue weighted by atomic mass is 10.1. The molecule has 1 aromatic carbocycles. The summed E-state index contributed by atoms with van der Waals surface area (Å²) in [6.07, 6.45) is 0. The quantitative estimate of drug-likeness (QED) is 0.775. The van der Waals surface area contributed by atoms with Gasteiger partial charge in [0.25, 0.3) is 5.91 Å². The van der Waals surface area contributed by atoms with Crippen LogP contribution in [0.5, 0.6) is 0 Å². The lowest BCUT2D eigenvalue weighted by molar-refractivity contribution is 0.0931.